The summed E-state index contributed by atoms with van der Waals surface area (Å²) in [5, 5.41) is 2.27. The summed E-state index contributed by atoms with van der Waals surface area (Å²) in [6.07, 6.45) is 6.45. The van der Waals surface area contributed by atoms with Crippen molar-refractivity contribution in [3.8, 4) is 68.5 Å². The summed E-state index contributed by atoms with van der Waals surface area (Å²) < 4.78 is 4.73. The number of para-hydroxylation sites is 3. The van der Waals surface area contributed by atoms with Gasteiger partial charge in [-0.3, -0.25) is 0 Å². The minimum absolute atomic E-state index is 0.890. The molecule has 2 aromatic heterocycles. The van der Waals surface area contributed by atoms with Crippen molar-refractivity contribution in [1.29, 1.82) is 0 Å². The normalized spacial score (nSPS) is 11.3. The number of hydrogen-bond donors (Lipinski definition) is 0. The third-order valence-corrected chi connectivity index (χ3v) is 10.5. The Bertz CT molecular complexity index is 2790. The van der Waals surface area contributed by atoms with Gasteiger partial charge in [0.2, 0.25) is 0 Å². The molecule has 0 aliphatic carbocycles. The largest absolute Gasteiger partial charge is 0.307 e. The Balaban J connectivity index is 1.26. The molecular formula is C51H38N2. The first-order valence-corrected chi connectivity index (χ1v) is 18.1. The van der Waals surface area contributed by atoms with Crippen LogP contribution in [0.5, 0.6) is 0 Å². The van der Waals surface area contributed by atoms with E-state index >= 15 is 0 Å². The number of benzene rings is 7. The number of aromatic nitrogens is 2. The number of rotatable bonds is 6. The van der Waals surface area contributed by atoms with Crippen LogP contribution in [-0.4, -0.2) is 9.13 Å². The van der Waals surface area contributed by atoms with Crippen molar-refractivity contribution in [1.82, 2.24) is 9.13 Å². The second-order valence-electron chi connectivity index (χ2n) is 14.0. The third kappa shape index (κ3) is 5.55. The number of aryl methyl sites for hydroxylation is 3. The molecule has 2 heterocycles. The zero-order valence-corrected chi connectivity index (χ0v) is 30.1. The molecule has 0 saturated carbocycles. The lowest BCUT2D eigenvalue weighted by atomic mass is 9.92. The van der Waals surface area contributed by atoms with E-state index in [9.17, 15) is 0 Å². The van der Waals surface area contributed by atoms with Gasteiger partial charge in [-0.1, -0.05) is 132 Å². The second-order valence-corrected chi connectivity index (χ2v) is 14.0. The summed E-state index contributed by atoms with van der Waals surface area (Å²) in [7, 11) is 0. The summed E-state index contributed by atoms with van der Waals surface area (Å²) in [4.78, 5) is 0. The Kier molecular flexibility index (Phi) is 7.91. The molecule has 0 aliphatic rings. The maximum absolute atomic E-state index is 6.45. The molecular weight excluding hydrogens is 641 g/mol. The van der Waals surface area contributed by atoms with Crippen molar-refractivity contribution in [2.24, 2.45) is 0 Å². The molecule has 0 N–H and O–H groups in total. The molecule has 0 atom stereocenters. The lowest BCUT2D eigenvalue weighted by Crippen LogP contribution is -2.04. The highest BCUT2D eigenvalue weighted by atomic mass is 15.1. The van der Waals surface area contributed by atoms with E-state index < -0.39 is 0 Å². The molecule has 9 rings (SSSR count). The maximum Gasteiger partial charge on any atom is 0.0870 e. The summed E-state index contributed by atoms with van der Waals surface area (Å²) in [6.45, 7) is 6.52. The van der Waals surface area contributed by atoms with Crippen LogP contribution in [0.4, 0.5) is 0 Å². The van der Waals surface area contributed by atoms with Gasteiger partial charge in [-0.25, -0.2) is 0 Å². The molecule has 2 nitrogen and oxygen atoms in total. The first kappa shape index (κ1) is 32.1. The minimum atomic E-state index is 0.890. The SMILES string of the molecule is C#Cc1c(-c2c(C)c3ccccc3n2-c2ccccc2)n(-c2ccc(-c3cc(-c4cccc(C)c4)cc(-c4cccc(C)c4)c3)cc2)c2ccccc12. The Hall–Kier alpha value is -6.82. The number of hydrogen-bond acceptors (Lipinski definition) is 0. The summed E-state index contributed by atoms with van der Waals surface area (Å²) >= 11 is 0. The van der Waals surface area contributed by atoms with Crippen LogP contribution in [-0.2, 0) is 0 Å². The first-order valence-electron chi connectivity index (χ1n) is 18.1. The van der Waals surface area contributed by atoms with E-state index in [0.717, 1.165) is 50.3 Å². The smallest absolute Gasteiger partial charge is 0.0870 e. The molecule has 0 saturated heterocycles. The first-order chi connectivity index (χ1) is 26.0. The van der Waals surface area contributed by atoms with Gasteiger partial charge in [0.1, 0.15) is 0 Å². The molecule has 0 aliphatic heterocycles. The number of fused-ring (bicyclic) bond motifs is 2. The van der Waals surface area contributed by atoms with E-state index in [1.807, 2.05) is 0 Å². The van der Waals surface area contributed by atoms with Gasteiger partial charge in [0.25, 0.3) is 0 Å². The van der Waals surface area contributed by atoms with E-state index in [2.05, 4.69) is 206 Å². The van der Waals surface area contributed by atoms with E-state index in [-0.39, 0.29) is 0 Å². The number of terminal acetylenes is 1. The van der Waals surface area contributed by atoms with Crippen molar-refractivity contribution < 1.29 is 0 Å². The van der Waals surface area contributed by atoms with Gasteiger partial charge < -0.3 is 9.13 Å². The quantitative estimate of drug-likeness (QED) is 0.155. The Morgan fingerprint density at radius 3 is 1.47 bits per heavy atom. The lowest BCUT2D eigenvalue weighted by molar-refractivity contribution is 1.06. The van der Waals surface area contributed by atoms with Gasteiger partial charge in [-0.2, -0.15) is 0 Å². The summed E-state index contributed by atoms with van der Waals surface area (Å²) in [6, 6.07) is 61.2. The van der Waals surface area contributed by atoms with Crippen molar-refractivity contribution >= 4 is 21.8 Å². The fourth-order valence-electron chi connectivity index (χ4n) is 7.99. The predicted octanol–water partition coefficient (Wildman–Crippen LogP) is 13.1. The van der Waals surface area contributed by atoms with Gasteiger partial charge in [0, 0.05) is 22.1 Å². The van der Waals surface area contributed by atoms with Gasteiger partial charge >= 0.3 is 0 Å². The molecule has 53 heavy (non-hydrogen) atoms. The van der Waals surface area contributed by atoms with Crippen molar-refractivity contribution in [2.45, 2.75) is 20.8 Å². The van der Waals surface area contributed by atoms with Gasteiger partial charge in [0.15, 0.2) is 0 Å². The van der Waals surface area contributed by atoms with Crippen LogP contribution in [0.2, 0.25) is 0 Å². The standard InChI is InChI=1S/C51H38N2/c1-5-45-47-22-10-12-24-49(47)53(51(45)50-36(4)46-21-9-11-23-48(46)52(50)43-19-7-6-8-20-43)44-27-25-37(26-28-44)40-31-41(38-17-13-15-34(2)29-38)33-42(32-40)39-18-14-16-35(3)30-39/h1,6-33H,2-4H3. The third-order valence-electron chi connectivity index (χ3n) is 10.5. The monoisotopic (exact) mass is 678 g/mol. The Labute approximate surface area is 311 Å². The highest BCUT2D eigenvalue weighted by molar-refractivity contribution is 6.01. The lowest BCUT2D eigenvalue weighted by Gasteiger charge is -2.17. The highest BCUT2D eigenvalue weighted by Gasteiger charge is 2.26. The van der Waals surface area contributed by atoms with Crippen LogP contribution < -0.4 is 0 Å². The van der Waals surface area contributed by atoms with Crippen LogP contribution >= 0.6 is 0 Å². The fraction of sp³-hybridized carbons (Fsp3) is 0.0588. The Morgan fingerprint density at radius 1 is 0.396 bits per heavy atom. The van der Waals surface area contributed by atoms with Gasteiger partial charge in [-0.05, 0) is 114 Å². The van der Waals surface area contributed by atoms with Crippen LogP contribution in [0.3, 0.4) is 0 Å². The van der Waals surface area contributed by atoms with Crippen LogP contribution in [0.1, 0.15) is 22.3 Å². The second kappa shape index (κ2) is 13.1. The average Bonchev–Trinajstić information content (AvgIpc) is 3.69. The van der Waals surface area contributed by atoms with Gasteiger partial charge in [-0.15, -0.1) is 6.42 Å². The molecule has 0 unspecified atom stereocenters. The zero-order valence-electron chi connectivity index (χ0n) is 30.1. The molecule has 7 aromatic carbocycles. The van der Waals surface area contributed by atoms with Crippen LogP contribution in [0, 0.1) is 33.1 Å². The molecule has 0 fully saturated rings. The van der Waals surface area contributed by atoms with Crippen molar-refractivity contribution in [2.75, 3.05) is 0 Å². The van der Waals surface area contributed by atoms with E-state index in [1.165, 1.54) is 49.9 Å². The van der Waals surface area contributed by atoms with Crippen LogP contribution in [0.15, 0.2) is 170 Å². The van der Waals surface area contributed by atoms with Crippen molar-refractivity contribution in [3.05, 3.63) is 192 Å². The highest BCUT2D eigenvalue weighted by Crippen LogP contribution is 2.43. The fourth-order valence-corrected chi connectivity index (χ4v) is 7.99. The minimum Gasteiger partial charge on any atom is -0.307 e. The molecule has 0 bridgehead atoms. The zero-order chi connectivity index (χ0) is 36.1. The summed E-state index contributed by atoms with van der Waals surface area (Å²) in [5.41, 5.74) is 18.2. The predicted molar refractivity (Wildman–Crippen MR) is 224 cm³/mol. The van der Waals surface area contributed by atoms with Crippen LogP contribution in [0.25, 0.3) is 77.9 Å². The number of nitrogens with zero attached hydrogens (tertiary/aromatic N) is 2. The molecule has 2 heteroatoms. The Morgan fingerprint density at radius 2 is 0.887 bits per heavy atom. The maximum atomic E-state index is 6.45. The average molecular weight is 679 g/mol. The molecule has 0 radical (unpaired) electrons. The van der Waals surface area contributed by atoms with E-state index in [0.29, 0.717) is 0 Å². The molecule has 252 valence electrons. The summed E-state index contributed by atoms with van der Waals surface area (Å²) in [5.74, 6) is 3.13. The molecule has 0 amide bonds. The van der Waals surface area contributed by atoms with E-state index in [4.69, 9.17) is 6.42 Å². The van der Waals surface area contributed by atoms with E-state index in [1.54, 1.807) is 0 Å². The topological polar surface area (TPSA) is 9.86 Å². The molecule has 0 spiro atoms. The molecule has 9 aromatic rings. The van der Waals surface area contributed by atoms with Crippen molar-refractivity contribution in [3.63, 3.8) is 0 Å². The van der Waals surface area contributed by atoms with Gasteiger partial charge in [0.05, 0.1) is 28.0 Å².